The van der Waals surface area contributed by atoms with Crippen molar-refractivity contribution >= 4 is 5.91 Å². The van der Waals surface area contributed by atoms with Gasteiger partial charge in [-0.2, -0.15) is 5.26 Å². The van der Waals surface area contributed by atoms with Gasteiger partial charge in [-0.3, -0.25) is 4.79 Å². The van der Waals surface area contributed by atoms with Crippen LogP contribution in [0.1, 0.15) is 46.3 Å². The van der Waals surface area contributed by atoms with Crippen molar-refractivity contribution in [3.05, 3.63) is 53.1 Å². The van der Waals surface area contributed by atoms with Crippen LogP contribution in [0.2, 0.25) is 0 Å². The SMILES string of the molecule is CNC(=O)c1ncc2n1C(c1ccc(C#N)cc1)CCC2. The Labute approximate surface area is 123 Å². The first kappa shape index (κ1) is 13.4. The van der Waals surface area contributed by atoms with E-state index in [1.807, 2.05) is 28.8 Å². The monoisotopic (exact) mass is 280 g/mol. The van der Waals surface area contributed by atoms with Gasteiger partial charge in [0, 0.05) is 18.9 Å². The number of nitrogens with one attached hydrogen (secondary N) is 1. The van der Waals surface area contributed by atoms with Crippen molar-refractivity contribution in [1.82, 2.24) is 14.9 Å². The highest BCUT2D eigenvalue weighted by Crippen LogP contribution is 2.32. The molecule has 106 valence electrons. The quantitative estimate of drug-likeness (QED) is 0.915. The standard InChI is InChI=1S/C16H16N4O/c1-18-16(21)15-19-10-13-3-2-4-14(20(13)15)12-7-5-11(9-17)6-8-12/h5-8,10,14H,2-4H2,1H3,(H,18,21). The van der Waals surface area contributed by atoms with Crippen LogP contribution in [0.5, 0.6) is 0 Å². The van der Waals surface area contributed by atoms with E-state index in [0.29, 0.717) is 11.4 Å². The van der Waals surface area contributed by atoms with Gasteiger partial charge in [-0.1, -0.05) is 12.1 Å². The predicted molar refractivity (Wildman–Crippen MR) is 77.9 cm³/mol. The van der Waals surface area contributed by atoms with E-state index in [9.17, 15) is 4.79 Å². The highest BCUT2D eigenvalue weighted by Gasteiger charge is 2.27. The number of benzene rings is 1. The lowest BCUT2D eigenvalue weighted by molar-refractivity contribution is 0.0945. The lowest BCUT2D eigenvalue weighted by atomic mass is 9.95. The van der Waals surface area contributed by atoms with Crippen molar-refractivity contribution in [3.63, 3.8) is 0 Å². The number of aromatic nitrogens is 2. The Morgan fingerprint density at radius 3 is 2.86 bits per heavy atom. The number of amides is 1. The molecule has 5 nitrogen and oxygen atoms in total. The zero-order chi connectivity index (χ0) is 14.8. The normalized spacial score (nSPS) is 16.9. The zero-order valence-electron chi connectivity index (χ0n) is 11.8. The van der Waals surface area contributed by atoms with E-state index >= 15 is 0 Å². The minimum atomic E-state index is -0.165. The molecule has 0 saturated carbocycles. The molecule has 1 N–H and O–H groups in total. The summed E-state index contributed by atoms with van der Waals surface area (Å²) in [5.41, 5.74) is 2.85. The number of rotatable bonds is 2. The maximum absolute atomic E-state index is 12.0. The van der Waals surface area contributed by atoms with Gasteiger partial charge in [0.15, 0.2) is 5.82 Å². The van der Waals surface area contributed by atoms with E-state index in [2.05, 4.69) is 16.4 Å². The van der Waals surface area contributed by atoms with Crippen LogP contribution in [0, 0.1) is 11.3 Å². The number of fused-ring (bicyclic) bond motifs is 1. The second-order valence-electron chi connectivity index (χ2n) is 5.16. The fraction of sp³-hybridized carbons (Fsp3) is 0.312. The summed E-state index contributed by atoms with van der Waals surface area (Å²) in [7, 11) is 1.61. The van der Waals surface area contributed by atoms with Crippen LogP contribution in [0.25, 0.3) is 0 Å². The molecule has 0 radical (unpaired) electrons. The molecule has 2 aromatic rings. The van der Waals surface area contributed by atoms with Gasteiger partial charge >= 0.3 is 0 Å². The Kier molecular flexibility index (Phi) is 3.44. The molecule has 1 aliphatic rings. The predicted octanol–water partition coefficient (Wildman–Crippen LogP) is 2.04. The Balaban J connectivity index is 2.04. The Morgan fingerprint density at radius 2 is 2.19 bits per heavy atom. The van der Waals surface area contributed by atoms with Crippen LogP contribution in [-0.2, 0) is 6.42 Å². The summed E-state index contributed by atoms with van der Waals surface area (Å²) in [6, 6.07) is 9.80. The molecule has 3 rings (SSSR count). The van der Waals surface area contributed by atoms with E-state index < -0.39 is 0 Å². The number of carbonyl (C=O) groups excluding carboxylic acids is 1. The van der Waals surface area contributed by atoms with Gasteiger partial charge in [0.2, 0.25) is 0 Å². The summed E-state index contributed by atoms with van der Waals surface area (Å²) < 4.78 is 2.03. The van der Waals surface area contributed by atoms with Crippen LogP contribution in [0.15, 0.2) is 30.5 Å². The molecule has 0 fully saturated rings. The van der Waals surface area contributed by atoms with E-state index in [0.717, 1.165) is 30.5 Å². The molecule has 1 aliphatic heterocycles. The Hall–Kier alpha value is -2.61. The van der Waals surface area contributed by atoms with Crippen LogP contribution in [0.4, 0.5) is 0 Å². The summed E-state index contributed by atoms with van der Waals surface area (Å²) in [5, 5.41) is 11.5. The van der Waals surface area contributed by atoms with Crippen molar-refractivity contribution in [3.8, 4) is 6.07 Å². The Morgan fingerprint density at radius 1 is 1.43 bits per heavy atom. The molecule has 21 heavy (non-hydrogen) atoms. The maximum Gasteiger partial charge on any atom is 0.287 e. The minimum absolute atomic E-state index is 0.108. The second kappa shape index (κ2) is 5.41. The molecule has 0 bridgehead atoms. The molecule has 1 aromatic carbocycles. The average Bonchev–Trinajstić information content (AvgIpc) is 2.98. The largest absolute Gasteiger partial charge is 0.352 e. The van der Waals surface area contributed by atoms with Gasteiger partial charge in [-0.25, -0.2) is 4.98 Å². The lowest BCUT2D eigenvalue weighted by Gasteiger charge is -2.27. The third-order valence-corrected chi connectivity index (χ3v) is 3.95. The van der Waals surface area contributed by atoms with Crippen molar-refractivity contribution in [1.29, 1.82) is 5.26 Å². The first-order valence-electron chi connectivity index (χ1n) is 7.03. The average molecular weight is 280 g/mol. The summed E-state index contributed by atoms with van der Waals surface area (Å²) in [6.07, 6.45) is 4.78. The van der Waals surface area contributed by atoms with Crippen LogP contribution < -0.4 is 5.32 Å². The summed E-state index contributed by atoms with van der Waals surface area (Å²) in [4.78, 5) is 16.3. The molecular formula is C16H16N4O. The molecule has 1 aromatic heterocycles. The number of hydrogen-bond donors (Lipinski definition) is 1. The third kappa shape index (κ3) is 2.29. The molecule has 1 unspecified atom stereocenters. The number of nitrogens with zero attached hydrogens (tertiary/aromatic N) is 3. The van der Waals surface area contributed by atoms with Crippen LogP contribution >= 0.6 is 0 Å². The summed E-state index contributed by atoms with van der Waals surface area (Å²) >= 11 is 0. The first-order valence-corrected chi connectivity index (χ1v) is 7.03. The second-order valence-corrected chi connectivity index (χ2v) is 5.16. The van der Waals surface area contributed by atoms with Crippen molar-refractivity contribution < 1.29 is 4.79 Å². The van der Waals surface area contributed by atoms with Gasteiger partial charge in [0.25, 0.3) is 5.91 Å². The lowest BCUT2D eigenvalue weighted by Crippen LogP contribution is -2.27. The van der Waals surface area contributed by atoms with E-state index in [-0.39, 0.29) is 11.9 Å². The number of carbonyl (C=O) groups is 1. The number of aryl methyl sites for hydroxylation is 1. The molecule has 0 aliphatic carbocycles. The molecule has 5 heteroatoms. The fourth-order valence-electron chi connectivity index (χ4n) is 2.91. The molecule has 2 heterocycles. The van der Waals surface area contributed by atoms with Gasteiger partial charge < -0.3 is 9.88 Å². The van der Waals surface area contributed by atoms with Gasteiger partial charge in [-0.05, 0) is 37.0 Å². The number of hydrogen-bond acceptors (Lipinski definition) is 3. The van der Waals surface area contributed by atoms with Crippen LogP contribution in [-0.4, -0.2) is 22.5 Å². The highest BCUT2D eigenvalue weighted by molar-refractivity contribution is 5.90. The highest BCUT2D eigenvalue weighted by atomic mass is 16.2. The van der Waals surface area contributed by atoms with Gasteiger partial charge in [0.1, 0.15) is 0 Å². The molecule has 0 saturated heterocycles. The van der Waals surface area contributed by atoms with E-state index in [1.54, 1.807) is 13.2 Å². The van der Waals surface area contributed by atoms with E-state index in [4.69, 9.17) is 5.26 Å². The third-order valence-electron chi connectivity index (χ3n) is 3.95. The topological polar surface area (TPSA) is 70.7 Å². The minimum Gasteiger partial charge on any atom is -0.352 e. The molecular weight excluding hydrogens is 264 g/mol. The van der Waals surface area contributed by atoms with Crippen LogP contribution in [0.3, 0.4) is 0 Å². The van der Waals surface area contributed by atoms with Crippen molar-refractivity contribution in [2.45, 2.75) is 25.3 Å². The van der Waals surface area contributed by atoms with Crippen molar-refractivity contribution in [2.24, 2.45) is 0 Å². The van der Waals surface area contributed by atoms with Gasteiger partial charge in [-0.15, -0.1) is 0 Å². The summed E-state index contributed by atoms with van der Waals surface area (Å²) in [5.74, 6) is 0.295. The number of imidazole rings is 1. The molecule has 1 amide bonds. The summed E-state index contributed by atoms with van der Waals surface area (Å²) in [6.45, 7) is 0. The number of nitriles is 1. The Bertz CT molecular complexity index is 709. The maximum atomic E-state index is 12.0. The van der Waals surface area contributed by atoms with Gasteiger partial charge in [0.05, 0.1) is 17.7 Å². The van der Waals surface area contributed by atoms with Crippen molar-refractivity contribution in [2.75, 3.05) is 7.05 Å². The first-order chi connectivity index (χ1) is 10.2. The molecule has 0 spiro atoms. The smallest absolute Gasteiger partial charge is 0.287 e. The zero-order valence-corrected chi connectivity index (χ0v) is 11.8. The molecule has 1 atom stereocenters. The van der Waals surface area contributed by atoms with E-state index in [1.165, 1.54) is 0 Å². The fourth-order valence-corrected chi connectivity index (χ4v) is 2.91.